The van der Waals surface area contributed by atoms with E-state index < -0.39 is 5.54 Å². The van der Waals surface area contributed by atoms with Crippen LogP contribution in [0.1, 0.15) is 26.7 Å². The van der Waals surface area contributed by atoms with Crippen LogP contribution in [0.3, 0.4) is 0 Å². The molecule has 3 nitrogen and oxygen atoms in total. The highest BCUT2D eigenvalue weighted by Gasteiger charge is 2.44. The standard InChI is InChI=1S/C9H12N2O/c1-7(2)5-8(12)11-9(6-10)3-4-9/h5H,3-4H2,1-2H3,(H,11,12). The van der Waals surface area contributed by atoms with E-state index in [-0.39, 0.29) is 5.91 Å². The molecule has 0 aromatic rings. The van der Waals surface area contributed by atoms with E-state index in [0.717, 1.165) is 18.4 Å². The summed E-state index contributed by atoms with van der Waals surface area (Å²) in [6.07, 6.45) is 3.08. The third-order valence-electron chi connectivity index (χ3n) is 1.75. The lowest BCUT2D eigenvalue weighted by molar-refractivity contribution is -0.117. The number of hydrogen-bond donors (Lipinski definition) is 1. The number of carbonyl (C=O) groups excluding carboxylic acids is 1. The zero-order valence-corrected chi connectivity index (χ0v) is 7.35. The summed E-state index contributed by atoms with van der Waals surface area (Å²) >= 11 is 0. The fourth-order valence-electron chi connectivity index (χ4n) is 0.924. The van der Waals surface area contributed by atoms with E-state index in [4.69, 9.17) is 5.26 Å². The number of allylic oxidation sites excluding steroid dienone is 1. The van der Waals surface area contributed by atoms with Crippen molar-refractivity contribution in [1.29, 1.82) is 5.26 Å². The molecule has 0 heterocycles. The maximum absolute atomic E-state index is 11.1. The lowest BCUT2D eigenvalue weighted by atomic mass is 10.2. The van der Waals surface area contributed by atoms with Gasteiger partial charge >= 0.3 is 0 Å². The first-order valence-corrected chi connectivity index (χ1v) is 3.96. The second kappa shape index (κ2) is 2.98. The highest BCUT2D eigenvalue weighted by atomic mass is 16.1. The zero-order valence-electron chi connectivity index (χ0n) is 7.35. The number of amides is 1. The van der Waals surface area contributed by atoms with Crippen molar-refractivity contribution in [2.24, 2.45) is 0 Å². The Morgan fingerprint density at radius 3 is 2.50 bits per heavy atom. The molecule has 1 rings (SSSR count). The van der Waals surface area contributed by atoms with E-state index in [1.807, 2.05) is 13.8 Å². The molecular weight excluding hydrogens is 152 g/mol. The fourth-order valence-corrected chi connectivity index (χ4v) is 0.924. The van der Waals surface area contributed by atoms with Gasteiger partial charge in [-0.1, -0.05) is 5.57 Å². The summed E-state index contributed by atoms with van der Waals surface area (Å²) in [6.45, 7) is 3.71. The van der Waals surface area contributed by atoms with Crippen molar-refractivity contribution >= 4 is 5.91 Å². The number of hydrogen-bond acceptors (Lipinski definition) is 2. The van der Waals surface area contributed by atoms with Crippen molar-refractivity contribution < 1.29 is 4.79 Å². The van der Waals surface area contributed by atoms with E-state index in [9.17, 15) is 4.79 Å². The molecule has 0 unspecified atom stereocenters. The number of nitriles is 1. The first-order chi connectivity index (χ1) is 5.58. The summed E-state index contributed by atoms with van der Waals surface area (Å²) in [5.41, 5.74) is 0.407. The van der Waals surface area contributed by atoms with Crippen molar-refractivity contribution in [3.05, 3.63) is 11.6 Å². The largest absolute Gasteiger partial charge is 0.334 e. The van der Waals surface area contributed by atoms with Gasteiger partial charge in [-0.05, 0) is 26.7 Å². The Balaban J connectivity index is 2.49. The molecule has 0 saturated heterocycles. The molecule has 12 heavy (non-hydrogen) atoms. The lowest BCUT2D eigenvalue weighted by Gasteiger charge is -2.05. The molecule has 0 aromatic heterocycles. The number of carbonyl (C=O) groups is 1. The van der Waals surface area contributed by atoms with Crippen molar-refractivity contribution in [2.75, 3.05) is 0 Å². The Hall–Kier alpha value is -1.30. The van der Waals surface area contributed by atoms with Crippen LogP contribution < -0.4 is 5.32 Å². The second-order valence-corrected chi connectivity index (χ2v) is 3.40. The van der Waals surface area contributed by atoms with Gasteiger partial charge in [0.15, 0.2) is 0 Å². The Morgan fingerprint density at radius 1 is 1.58 bits per heavy atom. The predicted octanol–water partition coefficient (Wildman–Crippen LogP) is 1.12. The van der Waals surface area contributed by atoms with E-state index in [1.54, 1.807) is 0 Å². The smallest absolute Gasteiger partial charge is 0.245 e. The van der Waals surface area contributed by atoms with Crippen LogP contribution in [-0.2, 0) is 4.79 Å². The third kappa shape index (κ3) is 2.09. The van der Waals surface area contributed by atoms with Crippen LogP contribution in [0.4, 0.5) is 0 Å². The Morgan fingerprint density at radius 2 is 2.17 bits per heavy atom. The highest BCUT2D eigenvalue weighted by molar-refractivity contribution is 5.89. The molecule has 0 aliphatic heterocycles. The Bertz CT molecular complexity index is 265. The second-order valence-electron chi connectivity index (χ2n) is 3.40. The summed E-state index contributed by atoms with van der Waals surface area (Å²) < 4.78 is 0. The Labute approximate surface area is 72.1 Å². The molecule has 1 amide bonds. The van der Waals surface area contributed by atoms with Crippen LogP contribution in [0.5, 0.6) is 0 Å². The molecule has 0 aromatic carbocycles. The van der Waals surface area contributed by atoms with Gasteiger partial charge in [0.25, 0.3) is 0 Å². The van der Waals surface area contributed by atoms with Crippen molar-refractivity contribution in [3.8, 4) is 6.07 Å². The molecular formula is C9H12N2O. The van der Waals surface area contributed by atoms with Crippen LogP contribution in [0.2, 0.25) is 0 Å². The summed E-state index contributed by atoms with van der Waals surface area (Å²) in [5.74, 6) is -0.158. The highest BCUT2D eigenvalue weighted by Crippen LogP contribution is 2.34. The monoisotopic (exact) mass is 164 g/mol. The maximum atomic E-state index is 11.1. The average molecular weight is 164 g/mol. The fraction of sp³-hybridized carbons (Fsp3) is 0.556. The minimum atomic E-state index is -0.539. The van der Waals surface area contributed by atoms with Crippen LogP contribution in [-0.4, -0.2) is 11.4 Å². The van der Waals surface area contributed by atoms with E-state index in [0.29, 0.717) is 0 Å². The molecule has 1 fully saturated rings. The van der Waals surface area contributed by atoms with Gasteiger partial charge in [-0.15, -0.1) is 0 Å². The molecule has 0 spiro atoms. The van der Waals surface area contributed by atoms with Crippen molar-refractivity contribution in [1.82, 2.24) is 5.32 Å². The minimum absolute atomic E-state index is 0.158. The first-order valence-electron chi connectivity index (χ1n) is 3.96. The van der Waals surface area contributed by atoms with Gasteiger partial charge in [0.05, 0.1) is 6.07 Å². The van der Waals surface area contributed by atoms with Crippen LogP contribution in [0.15, 0.2) is 11.6 Å². The molecule has 3 heteroatoms. The maximum Gasteiger partial charge on any atom is 0.245 e. The van der Waals surface area contributed by atoms with Gasteiger partial charge in [-0.3, -0.25) is 4.79 Å². The van der Waals surface area contributed by atoms with E-state index >= 15 is 0 Å². The minimum Gasteiger partial charge on any atom is -0.334 e. The van der Waals surface area contributed by atoms with Gasteiger partial charge in [-0.25, -0.2) is 0 Å². The zero-order chi connectivity index (χ0) is 9.19. The summed E-state index contributed by atoms with van der Waals surface area (Å²) in [4.78, 5) is 11.1. The van der Waals surface area contributed by atoms with Gasteiger partial charge in [0.2, 0.25) is 5.91 Å². The average Bonchev–Trinajstić information content (AvgIpc) is 2.67. The molecule has 0 radical (unpaired) electrons. The summed E-state index contributed by atoms with van der Waals surface area (Å²) in [5, 5.41) is 11.3. The molecule has 1 N–H and O–H groups in total. The lowest BCUT2D eigenvalue weighted by Crippen LogP contribution is -2.34. The number of nitrogens with zero attached hydrogens (tertiary/aromatic N) is 1. The quantitative estimate of drug-likeness (QED) is 0.622. The van der Waals surface area contributed by atoms with Gasteiger partial charge in [0, 0.05) is 6.08 Å². The van der Waals surface area contributed by atoms with Crippen molar-refractivity contribution in [2.45, 2.75) is 32.2 Å². The summed E-state index contributed by atoms with van der Waals surface area (Å²) in [6, 6.07) is 2.10. The molecule has 0 atom stereocenters. The predicted molar refractivity (Wildman–Crippen MR) is 45.2 cm³/mol. The molecule has 1 saturated carbocycles. The SMILES string of the molecule is CC(C)=CC(=O)NC1(C#N)CC1. The molecule has 64 valence electrons. The van der Waals surface area contributed by atoms with E-state index in [2.05, 4.69) is 11.4 Å². The normalized spacial score (nSPS) is 17.4. The van der Waals surface area contributed by atoms with Crippen LogP contribution >= 0.6 is 0 Å². The van der Waals surface area contributed by atoms with Gasteiger partial charge in [-0.2, -0.15) is 5.26 Å². The van der Waals surface area contributed by atoms with Crippen LogP contribution in [0.25, 0.3) is 0 Å². The van der Waals surface area contributed by atoms with Gasteiger partial charge in [0.1, 0.15) is 5.54 Å². The number of rotatable bonds is 2. The molecule has 0 bridgehead atoms. The van der Waals surface area contributed by atoms with Crippen molar-refractivity contribution in [3.63, 3.8) is 0 Å². The number of nitrogens with one attached hydrogen (secondary N) is 1. The van der Waals surface area contributed by atoms with Gasteiger partial charge < -0.3 is 5.32 Å². The Kier molecular flexibility index (Phi) is 2.18. The topological polar surface area (TPSA) is 52.9 Å². The van der Waals surface area contributed by atoms with Crippen LogP contribution in [0, 0.1) is 11.3 Å². The third-order valence-corrected chi connectivity index (χ3v) is 1.75. The molecule has 1 aliphatic carbocycles. The first kappa shape index (κ1) is 8.79. The van der Waals surface area contributed by atoms with E-state index in [1.165, 1.54) is 6.08 Å². The summed E-state index contributed by atoms with van der Waals surface area (Å²) in [7, 11) is 0. The molecule has 1 aliphatic rings.